The van der Waals surface area contributed by atoms with Crippen molar-refractivity contribution in [3.05, 3.63) is 28.4 Å². The third-order valence-corrected chi connectivity index (χ3v) is 4.11. The smallest absolute Gasteiger partial charge is 0.287 e. The topological polar surface area (TPSA) is 68.1 Å². The highest BCUT2D eigenvalue weighted by atomic mass is 16.6. The summed E-state index contributed by atoms with van der Waals surface area (Å²) < 4.78 is 0. The van der Waals surface area contributed by atoms with Crippen molar-refractivity contribution in [3.63, 3.8) is 0 Å². The lowest BCUT2D eigenvalue weighted by Gasteiger charge is -2.31. The zero-order valence-corrected chi connectivity index (χ0v) is 12.3. The highest BCUT2D eigenvalue weighted by molar-refractivity contribution is 5.40. The largest absolute Gasteiger partial charge is 0.370 e. The van der Waals surface area contributed by atoms with Crippen LogP contribution in [-0.4, -0.2) is 16.5 Å². The van der Waals surface area contributed by atoms with Crippen LogP contribution >= 0.6 is 0 Å². The van der Waals surface area contributed by atoms with Gasteiger partial charge in [-0.05, 0) is 36.7 Å². The lowest BCUT2D eigenvalue weighted by Crippen LogP contribution is -2.28. The standard InChI is InChI=1S/C15H23N3O2/c1-12(2)9-15(7-3-4-8-15)11-17-14-6-5-13(10-16-14)18(19)20/h5-6,10,12H,3-4,7-9,11H2,1-2H3,(H,16,17). The van der Waals surface area contributed by atoms with Crippen LogP contribution in [0.1, 0.15) is 46.0 Å². The van der Waals surface area contributed by atoms with E-state index in [9.17, 15) is 10.1 Å². The summed E-state index contributed by atoms with van der Waals surface area (Å²) in [5, 5.41) is 14.0. The van der Waals surface area contributed by atoms with Crippen LogP contribution in [0.4, 0.5) is 11.5 Å². The molecule has 1 N–H and O–H groups in total. The van der Waals surface area contributed by atoms with Gasteiger partial charge >= 0.3 is 0 Å². The Hall–Kier alpha value is -1.65. The molecule has 1 aromatic heterocycles. The minimum atomic E-state index is -0.423. The van der Waals surface area contributed by atoms with E-state index >= 15 is 0 Å². The molecule has 0 amide bonds. The second-order valence-corrected chi connectivity index (χ2v) is 6.32. The van der Waals surface area contributed by atoms with Crippen LogP contribution in [0.2, 0.25) is 0 Å². The van der Waals surface area contributed by atoms with E-state index in [1.54, 1.807) is 6.07 Å². The maximum absolute atomic E-state index is 10.6. The molecule has 1 saturated carbocycles. The predicted octanol–water partition coefficient (Wildman–Crippen LogP) is 4.01. The molecule has 0 atom stereocenters. The van der Waals surface area contributed by atoms with Crippen LogP contribution in [0.15, 0.2) is 18.3 Å². The molecule has 0 aliphatic heterocycles. The molecule has 5 heteroatoms. The summed E-state index contributed by atoms with van der Waals surface area (Å²) in [5.74, 6) is 1.42. The molecule has 1 fully saturated rings. The van der Waals surface area contributed by atoms with Crippen LogP contribution < -0.4 is 5.32 Å². The zero-order chi connectivity index (χ0) is 14.6. The van der Waals surface area contributed by atoms with E-state index in [1.807, 2.05) is 0 Å². The molecule has 1 aliphatic rings. The Morgan fingerprint density at radius 1 is 1.40 bits per heavy atom. The quantitative estimate of drug-likeness (QED) is 0.630. The number of nitrogens with zero attached hydrogens (tertiary/aromatic N) is 2. The zero-order valence-electron chi connectivity index (χ0n) is 12.3. The highest BCUT2D eigenvalue weighted by Gasteiger charge is 2.34. The minimum Gasteiger partial charge on any atom is -0.370 e. The van der Waals surface area contributed by atoms with Gasteiger partial charge in [-0.15, -0.1) is 0 Å². The summed E-state index contributed by atoms with van der Waals surface area (Å²) in [6.45, 7) is 5.45. The van der Waals surface area contributed by atoms with E-state index in [1.165, 1.54) is 44.4 Å². The van der Waals surface area contributed by atoms with Crippen molar-refractivity contribution in [2.24, 2.45) is 11.3 Å². The van der Waals surface area contributed by atoms with Gasteiger partial charge in [0.2, 0.25) is 0 Å². The van der Waals surface area contributed by atoms with Gasteiger partial charge in [-0.3, -0.25) is 10.1 Å². The fourth-order valence-electron chi connectivity index (χ4n) is 3.32. The van der Waals surface area contributed by atoms with Gasteiger partial charge in [-0.25, -0.2) is 4.98 Å². The first-order valence-electron chi connectivity index (χ1n) is 7.35. The van der Waals surface area contributed by atoms with E-state index in [-0.39, 0.29) is 5.69 Å². The number of nitrogens with one attached hydrogen (secondary N) is 1. The Kier molecular flexibility index (Phi) is 4.57. The number of nitro groups is 1. The lowest BCUT2D eigenvalue weighted by atomic mass is 9.78. The first kappa shape index (κ1) is 14.8. The number of hydrogen-bond donors (Lipinski definition) is 1. The Morgan fingerprint density at radius 3 is 2.60 bits per heavy atom. The molecular weight excluding hydrogens is 254 g/mol. The molecule has 2 rings (SSSR count). The van der Waals surface area contributed by atoms with Gasteiger partial charge in [-0.1, -0.05) is 26.7 Å². The van der Waals surface area contributed by atoms with Crippen molar-refractivity contribution in [2.75, 3.05) is 11.9 Å². The van der Waals surface area contributed by atoms with Gasteiger partial charge in [0.15, 0.2) is 0 Å². The molecule has 5 nitrogen and oxygen atoms in total. The summed E-state index contributed by atoms with van der Waals surface area (Å²) in [6, 6.07) is 3.19. The lowest BCUT2D eigenvalue weighted by molar-refractivity contribution is -0.385. The monoisotopic (exact) mass is 277 g/mol. The SMILES string of the molecule is CC(C)CC1(CNc2ccc([N+](=O)[O-])cn2)CCCC1. The fourth-order valence-corrected chi connectivity index (χ4v) is 3.32. The van der Waals surface area contributed by atoms with E-state index in [0.717, 1.165) is 12.4 Å². The van der Waals surface area contributed by atoms with Gasteiger partial charge < -0.3 is 5.32 Å². The molecule has 0 bridgehead atoms. The van der Waals surface area contributed by atoms with Crippen LogP contribution in [0, 0.1) is 21.4 Å². The van der Waals surface area contributed by atoms with Crippen LogP contribution in [0.25, 0.3) is 0 Å². The van der Waals surface area contributed by atoms with Crippen molar-refractivity contribution in [3.8, 4) is 0 Å². The normalized spacial score (nSPS) is 17.4. The molecule has 20 heavy (non-hydrogen) atoms. The molecule has 1 aliphatic carbocycles. The van der Waals surface area contributed by atoms with Gasteiger partial charge in [0.1, 0.15) is 12.0 Å². The Morgan fingerprint density at radius 2 is 2.10 bits per heavy atom. The van der Waals surface area contributed by atoms with Crippen LogP contribution in [0.5, 0.6) is 0 Å². The third-order valence-electron chi connectivity index (χ3n) is 4.11. The molecule has 0 saturated heterocycles. The molecular formula is C15H23N3O2. The van der Waals surface area contributed by atoms with Crippen LogP contribution in [-0.2, 0) is 0 Å². The van der Waals surface area contributed by atoms with Crippen LogP contribution in [0.3, 0.4) is 0 Å². The predicted molar refractivity (Wildman–Crippen MR) is 79.7 cm³/mol. The van der Waals surface area contributed by atoms with Gasteiger partial charge in [-0.2, -0.15) is 0 Å². The van der Waals surface area contributed by atoms with E-state index in [2.05, 4.69) is 24.1 Å². The summed E-state index contributed by atoms with van der Waals surface area (Å²) in [5.41, 5.74) is 0.408. The molecule has 110 valence electrons. The second-order valence-electron chi connectivity index (χ2n) is 6.32. The van der Waals surface area contributed by atoms with Gasteiger partial charge in [0.25, 0.3) is 5.69 Å². The number of hydrogen-bond acceptors (Lipinski definition) is 4. The average Bonchev–Trinajstić information content (AvgIpc) is 2.85. The van der Waals surface area contributed by atoms with E-state index in [4.69, 9.17) is 0 Å². The molecule has 1 heterocycles. The third kappa shape index (κ3) is 3.68. The Balaban J connectivity index is 1.97. The second kappa shape index (κ2) is 6.20. The molecule has 0 spiro atoms. The van der Waals surface area contributed by atoms with Gasteiger partial charge in [0.05, 0.1) is 4.92 Å². The Bertz CT molecular complexity index is 451. The minimum absolute atomic E-state index is 0.0355. The molecule has 0 aromatic carbocycles. The maximum atomic E-state index is 10.6. The van der Waals surface area contributed by atoms with Crippen molar-refractivity contribution in [1.29, 1.82) is 0 Å². The van der Waals surface area contributed by atoms with Gasteiger partial charge in [0, 0.05) is 12.6 Å². The van der Waals surface area contributed by atoms with Crippen molar-refractivity contribution < 1.29 is 4.92 Å². The Labute approximate surface area is 119 Å². The summed E-state index contributed by atoms with van der Waals surface area (Å²) >= 11 is 0. The molecule has 1 aromatic rings. The molecule has 0 unspecified atom stereocenters. The first-order valence-corrected chi connectivity index (χ1v) is 7.35. The number of pyridine rings is 1. The number of aromatic nitrogens is 1. The maximum Gasteiger partial charge on any atom is 0.287 e. The molecule has 0 radical (unpaired) electrons. The number of rotatable bonds is 6. The summed E-state index contributed by atoms with van der Waals surface area (Å²) in [7, 11) is 0. The first-order chi connectivity index (χ1) is 9.51. The van der Waals surface area contributed by atoms with Crippen molar-refractivity contribution >= 4 is 11.5 Å². The van der Waals surface area contributed by atoms with E-state index in [0.29, 0.717) is 11.3 Å². The number of anilines is 1. The average molecular weight is 277 g/mol. The highest BCUT2D eigenvalue weighted by Crippen LogP contribution is 2.43. The van der Waals surface area contributed by atoms with Crippen molar-refractivity contribution in [1.82, 2.24) is 4.98 Å². The van der Waals surface area contributed by atoms with Crippen molar-refractivity contribution in [2.45, 2.75) is 46.0 Å². The van der Waals surface area contributed by atoms with E-state index < -0.39 is 4.92 Å². The fraction of sp³-hybridized carbons (Fsp3) is 0.667. The summed E-state index contributed by atoms with van der Waals surface area (Å²) in [6.07, 6.45) is 7.69. The summed E-state index contributed by atoms with van der Waals surface area (Å²) in [4.78, 5) is 14.3.